The van der Waals surface area contributed by atoms with Gasteiger partial charge in [0, 0.05) is 16.5 Å². The summed E-state index contributed by atoms with van der Waals surface area (Å²) >= 11 is 6.32. The van der Waals surface area contributed by atoms with Crippen LogP contribution in [0.5, 0.6) is 11.5 Å². The van der Waals surface area contributed by atoms with Crippen LogP contribution in [0.4, 0.5) is 5.82 Å². The van der Waals surface area contributed by atoms with E-state index in [0.717, 1.165) is 16.5 Å². The summed E-state index contributed by atoms with van der Waals surface area (Å²) in [6, 6.07) is 20.2. The molecule has 1 heterocycles. The first-order valence-corrected chi connectivity index (χ1v) is 9.22. The van der Waals surface area contributed by atoms with Gasteiger partial charge in [-0.3, -0.25) is 5.43 Å². The molecular weight excluding hydrogens is 388 g/mol. The number of hydrogen-bond donors (Lipinski definition) is 2. The van der Waals surface area contributed by atoms with Gasteiger partial charge in [0.05, 0.1) is 23.9 Å². The van der Waals surface area contributed by atoms with E-state index in [1.165, 1.54) is 13.3 Å². The number of para-hydroxylation sites is 2. The minimum atomic E-state index is 0.0184. The van der Waals surface area contributed by atoms with Crippen molar-refractivity contribution in [2.24, 2.45) is 5.10 Å². The lowest BCUT2D eigenvalue weighted by Gasteiger charge is -2.09. The van der Waals surface area contributed by atoms with Gasteiger partial charge in [-0.25, -0.2) is 9.97 Å². The third kappa shape index (κ3) is 3.83. The second kappa shape index (κ2) is 8.16. The SMILES string of the molecule is COc1cccc(C=NNc2nc(-c3ccccc3Cl)nc3ccccc23)c1O. The number of anilines is 1. The number of hydrazone groups is 1. The molecule has 144 valence electrons. The van der Waals surface area contributed by atoms with E-state index in [2.05, 4.69) is 20.5 Å². The highest BCUT2D eigenvalue weighted by Crippen LogP contribution is 2.30. The van der Waals surface area contributed by atoms with E-state index in [0.29, 0.717) is 28.0 Å². The zero-order valence-electron chi connectivity index (χ0n) is 15.5. The largest absolute Gasteiger partial charge is 0.504 e. The number of hydrogen-bond acceptors (Lipinski definition) is 6. The molecule has 0 saturated heterocycles. The number of aromatic nitrogens is 2. The van der Waals surface area contributed by atoms with Crippen LogP contribution in [-0.4, -0.2) is 28.4 Å². The third-order valence-corrected chi connectivity index (χ3v) is 4.67. The average molecular weight is 405 g/mol. The molecule has 0 aliphatic carbocycles. The summed E-state index contributed by atoms with van der Waals surface area (Å²) in [7, 11) is 1.50. The molecule has 1 aromatic heterocycles. The molecule has 0 radical (unpaired) electrons. The molecule has 2 N–H and O–H groups in total. The molecule has 0 unspecified atom stereocenters. The number of rotatable bonds is 5. The monoisotopic (exact) mass is 404 g/mol. The van der Waals surface area contributed by atoms with Crippen LogP contribution in [0.25, 0.3) is 22.3 Å². The Morgan fingerprint density at radius 3 is 2.62 bits per heavy atom. The fourth-order valence-corrected chi connectivity index (χ4v) is 3.12. The highest BCUT2D eigenvalue weighted by molar-refractivity contribution is 6.33. The maximum atomic E-state index is 10.2. The third-order valence-electron chi connectivity index (χ3n) is 4.34. The number of phenols is 1. The number of nitrogens with zero attached hydrogens (tertiary/aromatic N) is 3. The van der Waals surface area contributed by atoms with Crippen molar-refractivity contribution in [1.82, 2.24) is 9.97 Å². The lowest BCUT2D eigenvalue weighted by molar-refractivity contribution is 0.373. The van der Waals surface area contributed by atoms with E-state index >= 15 is 0 Å². The summed E-state index contributed by atoms with van der Waals surface area (Å²) in [5.41, 5.74) is 4.97. The van der Waals surface area contributed by atoms with E-state index in [1.807, 2.05) is 42.5 Å². The molecule has 3 aromatic carbocycles. The van der Waals surface area contributed by atoms with Gasteiger partial charge < -0.3 is 9.84 Å². The molecule has 0 spiro atoms. The maximum absolute atomic E-state index is 10.2. The van der Waals surface area contributed by atoms with Crippen molar-refractivity contribution in [2.75, 3.05) is 12.5 Å². The van der Waals surface area contributed by atoms with Gasteiger partial charge in [-0.1, -0.05) is 41.9 Å². The number of aromatic hydroxyl groups is 1. The number of fused-ring (bicyclic) bond motifs is 1. The molecule has 0 fully saturated rings. The van der Waals surface area contributed by atoms with E-state index < -0.39 is 0 Å². The summed E-state index contributed by atoms with van der Waals surface area (Å²) in [4.78, 5) is 9.24. The summed E-state index contributed by atoms with van der Waals surface area (Å²) in [5, 5.41) is 15.8. The number of methoxy groups -OCH3 is 1. The van der Waals surface area contributed by atoms with Gasteiger partial charge in [0.2, 0.25) is 0 Å². The summed E-state index contributed by atoms with van der Waals surface area (Å²) in [5.74, 6) is 1.42. The van der Waals surface area contributed by atoms with Crippen molar-refractivity contribution >= 4 is 34.5 Å². The first-order chi connectivity index (χ1) is 14.2. The lowest BCUT2D eigenvalue weighted by Crippen LogP contribution is -1.99. The van der Waals surface area contributed by atoms with Gasteiger partial charge in [-0.15, -0.1) is 0 Å². The van der Waals surface area contributed by atoms with E-state index in [-0.39, 0.29) is 5.75 Å². The Morgan fingerprint density at radius 1 is 1.00 bits per heavy atom. The van der Waals surface area contributed by atoms with Gasteiger partial charge in [-0.2, -0.15) is 5.10 Å². The van der Waals surface area contributed by atoms with Crippen LogP contribution < -0.4 is 10.2 Å². The minimum Gasteiger partial charge on any atom is -0.504 e. The maximum Gasteiger partial charge on any atom is 0.166 e. The van der Waals surface area contributed by atoms with Gasteiger partial charge in [-0.05, 0) is 36.4 Å². The van der Waals surface area contributed by atoms with Crippen LogP contribution in [0, 0.1) is 0 Å². The molecule has 29 heavy (non-hydrogen) atoms. The number of halogens is 1. The number of nitrogens with one attached hydrogen (secondary N) is 1. The predicted molar refractivity (Wildman–Crippen MR) is 116 cm³/mol. The van der Waals surface area contributed by atoms with Crippen molar-refractivity contribution in [2.45, 2.75) is 0 Å². The van der Waals surface area contributed by atoms with Crippen molar-refractivity contribution in [1.29, 1.82) is 0 Å². The van der Waals surface area contributed by atoms with Crippen LogP contribution in [0.3, 0.4) is 0 Å². The first-order valence-electron chi connectivity index (χ1n) is 8.84. The Hall–Kier alpha value is -3.64. The Balaban J connectivity index is 1.73. The van der Waals surface area contributed by atoms with Crippen LogP contribution in [-0.2, 0) is 0 Å². The van der Waals surface area contributed by atoms with E-state index in [1.54, 1.807) is 24.3 Å². The Morgan fingerprint density at radius 2 is 1.79 bits per heavy atom. The Bertz CT molecular complexity index is 1210. The number of phenolic OH excluding ortho intramolecular Hbond substituents is 1. The molecule has 0 aliphatic rings. The standard InChI is InChI=1S/C22H17ClN4O2/c1-29-19-12-6-7-14(20(19)28)13-24-27-22-16-9-3-5-11-18(16)25-21(26-22)15-8-2-4-10-17(15)23/h2-13,28H,1H3,(H,25,26,27). The van der Waals surface area contributed by atoms with Crippen molar-refractivity contribution < 1.29 is 9.84 Å². The second-order valence-electron chi connectivity index (χ2n) is 6.16. The Labute approximate surface area is 172 Å². The van der Waals surface area contributed by atoms with Crippen LogP contribution in [0.1, 0.15) is 5.56 Å². The molecule has 0 aliphatic heterocycles. The molecular formula is C22H17ClN4O2. The summed E-state index contributed by atoms with van der Waals surface area (Å²) < 4.78 is 5.12. The van der Waals surface area contributed by atoms with Crippen LogP contribution in [0.2, 0.25) is 5.02 Å². The molecule has 4 aromatic rings. The number of benzene rings is 3. The summed E-state index contributed by atoms with van der Waals surface area (Å²) in [6.07, 6.45) is 1.50. The van der Waals surface area contributed by atoms with Gasteiger partial charge in [0.15, 0.2) is 23.1 Å². The molecule has 0 atom stereocenters. The quantitative estimate of drug-likeness (QED) is 0.357. The van der Waals surface area contributed by atoms with Crippen LogP contribution >= 0.6 is 11.6 Å². The predicted octanol–water partition coefficient (Wildman–Crippen LogP) is 5.11. The highest BCUT2D eigenvalue weighted by atomic mass is 35.5. The highest BCUT2D eigenvalue weighted by Gasteiger charge is 2.11. The van der Waals surface area contributed by atoms with Crippen molar-refractivity contribution in [3.05, 3.63) is 77.3 Å². The van der Waals surface area contributed by atoms with Gasteiger partial charge >= 0.3 is 0 Å². The fourth-order valence-electron chi connectivity index (χ4n) is 2.90. The molecule has 7 heteroatoms. The smallest absolute Gasteiger partial charge is 0.166 e. The molecule has 0 saturated carbocycles. The molecule has 0 bridgehead atoms. The van der Waals surface area contributed by atoms with E-state index in [9.17, 15) is 5.11 Å². The average Bonchev–Trinajstić information content (AvgIpc) is 2.75. The number of ether oxygens (including phenoxy) is 1. The Kier molecular flexibility index (Phi) is 5.27. The zero-order valence-corrected chi connectivity index (χ0v) is 16.3. The lowest BCUT2D eigenvalue weighted by atomic mass is 10.2. The second-order valence-corrected chi connectivity index (χ2v) is 6.57. The first kappa shape index (κ1) is 18.7. The van der Waals surface area contributed by atoms with Gasteiger partial charge in [0.1, 0.15) is 0 Å². The van der Waals surface area contributed by atoms with Crippen LogP contribution in [0.15, 0.2) is 71.8 Å². The van der Waals surface area contributed by atoms with E-state index in [4.69, 9.17) is 16.3 Å². The van der Waals surface area contributed by atoms with Crippen molar-refractivity contribution in [3.8, 4) is 22.9 Å². The topological polar surface area (TPSA) is 79.6 Å². The van der Waals surface area contributed by atoms with Gasteiger partial charge in [0.25, 0.3) is 0 Å². The molecule has 0 amide bonds. The minimum absolute atomic E-state index is 0.0184. The molecule has 4 rings (SSSR count). The zero-order chi connectivity index (χ0) is 20.2. The normalized spacial score (nSPS) is 11.1. The summed E-state index contributed by atoms with van der Waals surface area (Å²) in [6.45, 7) is 0. The van der Waals surface area contributed by atoms with Crippen molar-refractivity contribution in [3.63, 3.8) is 0 Å². The fraction of sp³-hybridized carbons (Fsp3) is 0.0455. The molecule has 6 nitrogen and oxygen atoms in total.